The van der Waals surface area contributed by atoms with Gasteiger partial charge in [0.05, 0.1) is 16.9 Å². The predicted octanol–water partition coefficient (Wildman–Crippen LogP) is 4.50. The standard InChI is InChI=1S/C19H35NO4/c1-13(14(21)22)10-19(8,9)20-12-18(6,7)17(4,5)11-16(2,3)15(23)24/h12-13H,10-11H2,1-9H3,(H,21,22)(H,23,24)/b20-12+. The summed E-state index contributed by atoms with van der Waals surface area (Å²) < 4.78 is 0. The molecule has 0 spiro atoms. The maximum absolute atomic E-state index is 11.4. The first-order valence-electron chi connectivity index (χ1n) is 8.46. The topological polar surface area (TPSA) is 87.0 Å². The van der Waals surface area contributed by atoms with E-state index in [1.807, 2.05) is 33.9 Å². The van der Waals surface area contributed by atoms with E-state index in [0.29, 0.717) is 12.8 Å². The van der Waals surface area contributed by atoms with Crippen LogP contribution < -0.4 is 0 Å². The molecule has 0 aliphatic rings. The summed E-state index contributed by atoms with van der Waals surface area (Å²) in [6.07, 6.45) is 2.84. The van der Waals surface area contributed by atoms with Crippen LogP contribution >= 0.6 is 0 Å². The summed E-state index contributed by atoms with van der Waals surface area (Å²) in [5, 5.41) is 18.5. The Morgan fingerprint density at radius 2 is 1.46 bits per heavy atom. The Morgan fingerprint density at radius 3 is 1.83 bits per heavy atom. The summed E-state index contributed by atoms with van der Waals surface area (Å²) in [5.74, 6) is -2.08. The molecule has 0 aliphatic carbocycles. The highest BCUT2D eigenvalue weighted by Crippen LogP contribution is 2.46. The summed E-state index contributed by atoms with van der Waals surface area (Å²) in [4.78, 5) is 27.1. The Hall–Kier alpha value is -1.39. The minimum absolute atomic E-state index is 0.285. The average molecular weight is 341 g/mol. The molecule has 0 bridgehead atoms. The minimum atomic E-state index is -0.818. The zero-order chi connectivity index (χ0) is 19.6. The van der Waals surface area contributed by atoms with Crippen LogP contribution in [-0.2, 0) is 9.59 Å². The molecule has 0 aromatic rings. The average Bonchev–Trinajstić information content (AvgIpc) is 2.34. The molecule has 0 saturated heterocycles. The van der Waals surface area contributed by atoms with Gasteiger partial charge >= 0.3 is 11.9 Å². The van der Waals surface area contributed by atoms with E-state index in [2.05, 4.69) is 18.8 Å². The van der Waals surface area contributed by atoms with E-state index in [1.165, 1.54) is 0 Å². The molecule has 0 heterocycles. The van der Waals surface area contributed by atoms with Gasteiger partial charge in [-0.3, -0.25) is 14.6 Å². The quantitative estimate of drug-likeness (QED) is 0.604. The number of hydrogen-bond donors (Lipinski definition) is 2. The third-order valence-electron chi connectivity index (χ3n) is 5.17. The molecule has 2 N–H and O–H groups in total. The SMILES string of the molecule is CC(CC(C)(C)/N=C/C(C)(C)C(C)(C)CC(C)(C)C(=O)O)C(=O)O. The lowest BCUT2D eigenvalue weighted by Gasteiger charge is -2.43. The number of hydrogen-bond acceptors (Lipinski definition) is 3. The van der Waals surface area contributed by atoms with Crippen LogP contribution in [-0.4, -0.2) is 33.9 Å². The van der Waals surface area contributed by atoms with Crippen LogP contribution in [0.4, 0.5) is 0 Å². The summed E-state index contributed by atoms with van der Waals surface area (Å²) in [5.41, 5.74) is -1.91. The summed E-state index contributed by atoms with van der Waals surface area (Å²) >= 11 is 0. The van der Waals surface area contributed by atoms with Crippen molar-refractivity contribution in [3.8, 4) is 0 Å². The summed E-state index contributed by atoms with van der Waals surface area (Å²) in [7, 11) is 0. The van der Waals surface area contributed by atoms with Crippen LogP contribution in [0.25, 0.3) is 0 Å². The summed E-state index contributed by atoms with van der Waals surface area (Å²) in [6, 6.07) is 0. The Morgan fingerprint density at radius 1 is 1.00 bits per heavy atom. The van der Waals surface area contributed by atoms with Gasteiger partial charge in [0, 0.05) is 11.6 Å². The van der Waals surface area contributed by atoms with Crippen LogP contribution in [0.3, 0.4) is 0 Å². The molecule has 0 rings (SSSR count). The minimum Gasteiger partial charge on any atom is -0.481 e. The molecule has 0 radical (unpaired) electrons. The predicted molar refractivity (Wildman–Crippen MR) is 97.6 cm³/mol. The second-order valence-corrected chi connectivity index (χ2v) is 9.49. The Kier molecular flexibility index (Phi) is 6.82. The number of carboxylic acids is 2. The van der Waals surface area contributed by atoms with E-state index in [9.17, 15) is 14.7 Å². The van der Waals surface area contributed by atoms with Gasteiger partial charge < -0.3 is 10.2 Å². The van der Waals surface area contributed by atoms with Crippen LogP contribution in [0.2, 0.25) is 0 Å². The van der Waals surface area contributed by atoms with Crippen LogP contribution in [0.1, 0.15) is 75.2 Å². The van der Waals surface area contributed by atoms with Crippen LogP contribution in [0.15, 0.2) is 4.99 Å². The van der Waals surface area contributed by atoms with E-state index >= 15 is 0 Å². The highest BCUT2D eigenvalue weighted by molar-refractivity contribution is 5.74. The summed E-state index contributed by atoms with van der Waals surface area (Å²) in [6.45, 7) is 17.2. The fourth-order valence-electron chi connectivity index (χ4n) is 2.81. The van der Waals surface area contributed by atoms with Gasteiger partial charge in [0.2, 0.25) is 0 Å². The lowest BCUT2D eigenvalue weighted by atomic mass is 9.61. The van der Waals surface area contributed by atoms with Crippen molar-refractivity contribution in [1.82, 2.24) is 0 Å². The maximum atomic E-state index is 11.4. The zero-order valence-corrected chi connectivity index (χ0v) is 16.7. The van der Waals surface area contributed by atoms with E-state index in [4.69, 9.17) is 5.11 Å². The zero-order valence-electron chi connectivity index (χ0n) is 16.7. The molecule has 0 amide bonds. The molecule has 0 saturated carbocycles. The van der Waals surface area contributed by atoms with Gasteiger partial charge in [-0.25, -0.2) is 0 Å². The molecule has 5 nitrogen and oxygen atoms in total. The fraction of sp³-hybridized carbons (Fsp3) is 0.842. The van der Waals surface area contributed by atoms with E-state index < -0.39 is 28.8 Å². The van der Waals surface area contributed by atoms with Gasteiger partial charge in [0.1, 0.15) is 0 Å². The lowest BCUT2D eigenvalue weighted by molar-refractivity contribution is -0.149. The molecular weight excluding hydrogens is 306 g/mol. The first-order chi connectivity index (χ1) is 10.4. The van der Waals surface area contributed by atoms with Crippen molar-refractivity contribution in [2.75, 3.05) is 0 Å². The lowest BCUT2D eigenvalue weighted by Crippen LogP contribution is -2.41. The Labute approximate surface area is 146 Å². The fourth-order valence-corrected chi connectivity index (χ4v) is 2.81. The monoisotopic (exact) mass is 341 g/mol. The molecule has 5 heteroatoms. The van der Waals surface area contributed by atoms with Crippen molar-refractivity contribution in [3.05, 3.63) is 0 Å². The largest absolute Gasteiger partial charge is 0.481 e. The van der Waals surface area contributed by atoms with E-state index in [0.717, 1.165) is 0 Å². The molecule has 24 heavy (non-hydrogen) atoms. The van der Waals surface area contributed by atoms with Gasteiger partial charge in [0.25, 0.3) is 0 Å². The van der Waals surface area contributed by atoms with Crippen molar-refractivity contribution >= 4 is 18.2 Å². The number of nitrogens with zero attached hydrogens (tertiary/aromatic N) is 1. The van der Waals surface area contributed by atoms with Crippen molar-refractivity contribution in [3.63, 3.8) is 0 Å². The van der Waals surface area contributed by atoms with Crippen LogP contribution in [0.5, 0.6) is 0 Å². The maximum Gasteiger partial charge on any atom is 0.309 e. The van der Waals surface area contributed by atoms with Crippen molar-refractivity contribution in [2.45, 2.75) is 80.7 Å². The number of rotatable bonds is 9. The second kappa shape index (κ2) is 7.24. The molecule has 0 aromatic heterocycles. The first-order valence-corrected chi connectivity index (χ1v) is 8.46. The highest BCUT2D eigenvalue weighted by atomic mass is 16.4. The van der Waals surface area contributed by atoms with Crippen LogP contribution in [0, 0.1) is 22.2 Å². The molecule has 0 aliphatic heterocycles. The molecule has 0 fully saturated rings. The second-order valence-electron chi connectivity index (χ2n) is 9.49. The molecule has 1 atom stereocenters. The number of aliphatic imine (C=N–C) groups is 1. The van der Waals surface area contributed by atoms with Gasteiger partial charge in [-0.2, -0.15) is 0 Å². The third-order valence-corrected chi connectivity index (χ3v) is 5.17. The number of aliphatic carboxylic acids is 2. The Bertz CT molecular complexity index is 501. The van der Waals surface area contributed by atoms with E-state index in [1.54, 1.807) is 20.8 Å². The molecule has 140 valence electrons. The number of carbonyl (C=O) groups is 2. The normalized spacial score (nSPS) is 15.5. The van der Waals surface area contributed by atoms with Gasteiger partial charge in [-0.15, -0.1) is 0 Å². The highest BCUT2D eigenvalue weighted by Gasteiger charge is 2.43. The smallest absolute Gasteiger partial charge is 0.309 e. The first kappa shape index (κ1) is 22.6. The van der Waals surface area contributed by atoms with Gasteiger partial charge in [-0.1, -0.05) is 34.6 Å². The molecular formula is C19H35NO4. The molecule has 0 aromatic carbocycles. The third kappa shape index (κ3) is 6.25. The van der Waals surface area contributed by atoms with Crippen molar-refractivity contribution < 1.29 is 19.8 Å². The van der Waals surface area contributed by atoms with Crippen molar-refractivity contribution in [2.24, 2.45) is 27.2 Å². The van der Waals surface area contributed by atoms with Gasteiger partial charge in [0.15, 0.2) is 0 Å². The van der Waals surface area contributed by atoms with Crippen molar-refractivity contribution in [1.29, 1.82) is 0 Å². The molecule has 1 unspecified atom stereocenters. The number of carboxylic acid groups (broad SMARTS) is 2. The van der Waals surface area contributed by atoms with E-state index in [-0.39, 0.29) is 10.8 Å². The van der Waals surface area contributed by atoms with Gasteiger partial charge in [-0.05, 0) is 46.0 Å². The Balaban J connectivity index is 5.30.